The van der Waals surface area contributed by atoms with Gasteiger partial charge >= 0.3 is 5.97 Å². The van der Waals surface area contributed by atoms with Crippen LogP contribution >= 0.6 is 63.1 Å². The minimum atomic E-state index is -1.11. The molecular formula is C7H6O2S5. The zero-order valence-electron chi connectivity index (χ0n) is 6.59. The van der Waals surface area contributed by atoms with Gasteiger partial charge in [-0.15, -0.1) is 63.1 Å². The molecule has 1 aromatic rings. The summed E-state index contributed by atoms with van der Waals surface area (Å²) in [4.78, 5) is 12.6. The second kappa shape index (κ2) is 4.52. The van der Waals surface area contributed by atoms with Crippen molar-refractivity contribution in [2.24, 2.45) is 0 Å². The van der Waals surface area contributed by atoms with Crippen LogP contribution in [0.15, 0.2) is 24.5 Å². The van der Waals surface area contributed by atoms with Crippen LogP contribution in [0.5, 0.6) is 0 Å². The van der Waals surface area contributed by atoms with Crippen LogP contribution in [0.4, 0.5) is 0 Å². The summed E-state index contributed by atoms with van der Waals surface area (Å²) in [6, 6.07) is 0. The highest BCUT2D eigenvalue weighted by atomic mass is 32.1. The molecule has 0 bridgehead atoms. The third kappa shape index (κ3) is 2.01. The van der Waals surface area contributed by atoms with Gasteiger partial charge in [0.25, 0.3) is 0 Å². The first-order valence-electron chi connectivity index (χ1n) is 3.30. The van der Waals surface area contributed by atoms with Crippen LogP contribution in [-0.4, -0.2) is 11.1 Å². The number of hydrogen-bond acceptors (Lipinski definition) is 6. The van der Waals surface area contributed by atoms with Crippen molar-refractivity contribution in [3.8, 4) is 0 Å². The molecule has 0 saturated heterocycles. The summed E-state index contributed by atoms with van der Waals surface area (Å²) in [5, 5.41) is 8.90. The lowest BCUT2D eigenvalue weighted by Gasteiger charge is -2.12. The number of carboxylic acid groups (broad SMARTS) is 1. The molecule has 0 aliphatic heterocycles. The monoisotopic (exact) mass is 282 g/mol. The van der Waals surface area contributed by atoms with Crippen molar-refractivity contribution in [1.29, 1.82) is 0 Å². The molecule has 14 heavy (non-hydrogen) atoms. The molecule has 1 aromatic carbocycles. The first kappa shape index (κ1) is 12.5. The van der Waals surface area contributed by atoms with Gasteiger partial charge in [-0.3, -0.25) is 0 Å². The molecule has 2 nitrogen and oxygen atoms in total. The minimum absolute atomic E-state index is 0.00975. The molecule has 0 aromatic heterocycles. The molecule has 0 aliphatic rings. The van der Waals surface area contributed by atoms with E-state index >= 15 is 0 Å². The summed E-state index contributed by atoms with van der Waals surface area (Å²) in [6.45, 7) is 0. The lowest BCUT2D eigenvalue weighted by atomic mass is 10.2. The molecule has 76 valence electrons. The number of hydrogen-bond donors (Lipinski definition) is 6. The highest BCUT2D eigenvalue weighted by Crippen LogP contribution is 2.39. The molecule has 0 heterocycles. The van der Waals surface area contributed by atoms with Gasteiger partial charge in [-0.25, -0.2) is 4.79 Å². The molecule has 0 spiro atoms. The largest absolute Gasteiger partial charge is 0.478 e. The van der Waals surface area contributed by atoms with Gasteiger partial charge in [-0.05, 0) is 0 Å². The summed E-state index contributed by atoms with van der Waals surface area (Å²) < 4.78 is 0. The van der Waals surface area contributed by atoms with E-state index in [9.17, 15) is 4.79 Å². The van der Waals surface area contributed by atoms with E-state index in [0.29, 0.717) is 14.7 Å². The van der Waals surface area contributed by atoms with Crippen LogP contribution in [0.1, 0.15) is 10.4 Å². The van der Waals surface area contributed by atoms with Crippen molar-refractivity contribution >= 4 is 69.1 Å². The van der Waals surface area contributed by atoms with E-state index in [1.54, 1.807) is 0 Å². The fourth-order valence-corrected chi connectivity index (χ4v) is 2.55. The third-order valence-electron chi connectivity index (χ3n) is 1.58. The number of benzene rings is 1. The first-order valence-corrected chi connectivity index (χ1v) is 5.53. The molecule has 7 heteroatoms. The fraction of sp³-hybridized carbons (Fsp3) is 0. The van der Waals surface area contributed by atoms with Crippen LogP contribution in [0.3, 0.4) is 0 Å². The van der Waals surface area contributed by atoms with Crippen LogP contribution in [-0.2, 0) is 0 Å². The quantitative estimate of drug-likeness (QED) is 0.448. The van der Waals surface area contributed by atoms with E-state index in [-0.39, 0.29) is 15.4 Å². The van der Waals surface area contributed by atoms with Gasteiger partial charge in [0.15, 0.2) is 0 Å². The highest BCUT2D eigenvalue weighted by molar-refractivity contribution is 7.87. The van der Waals surface area contributed by atoms with Gasteiger partial charge in [-0.2, -0.15) is 0 Å². The maximum absolute atomic E-state index is 10.9. The van der Waals surface area contributed by atoms with E-state index in [0.717, 1.165) is 0 Å². The van der Waals surface area contributed by atoms with E-state index in [1.165, 1.54) is 0 Å². The van der Waals surface area contributed by atoms with Crippen LogP contribution in [0.25, 0.3) is 0 Å². The first-order chi connectivity index (χ1) is 6.37. The third-order valence-corrected chi connectivity index (χ3v) is 4.53. The number of thiol groups is 5. The lowest BCUT2D eigenvalue weighted by molar-refractivity contribution is 0.0687. The van der Waals surface area contributed by atoms with Crippen LogP contribution < -0.4 is 0 Å². The molecule has 0 unspecified atom stereocenters. The zero-order valence-corrected chi connectivity index (χ0v) is 11.1. The molecule has 1 N–H and O–H groups in total. The van der Waals surface area contributed by atoms with E-state index in [4.69, 9.17) is 5.11 Å². The standard InChI is InChI=1S/C7H6O2S5/c8-7(9)1-2(10)4(12)6(14)5(13)3(1)11/h10-14H,(H,8,9). The SMILES string of the molecule is O=C(O)c1c(S)c(S)c(S)c(S)c1S. The molecular weight excluding hydrogens is 276 g/mol. The molecule has 0 amide bonds. The Morgan fingerprint density at radius 1 is 0.786 bits per heavy atom. The molecule has 0 fully saturated rings. The average Bonchev–Trinajstić information content (AvgIpc) is 2.11. The summed E-state index contributed by atoms with van der Waals surface area (Å²) in [7, 11) is 0. The Hall–Kier alpha value is 0.440. The van der Waals surface area contributed by atoms with Gasteiger partial charge in [-0.1, -0.05) is 0 Å². The summed E-state index contributed by atoms with van der Waals surface area (Å²) in [5.41, 5.74) is -0.00975. The second-order valence-corrected chi connectivity index (χ2v) is 4.66. The number of aromatic carboxylic acids is 1. The molecule has 0 saturated carbocycles. The molecule has 0 radical (unpaired) electrons. The summed E-state index contributed by atoms with van der Waals surface area (Å²) in [5.74, 6) is -1.11. The maximum Gasteiger partial charge on any atom is 0.338 e. The van der Waals surface area contributed by atoms with Gasteiger partial charge in [0.1, 0.15) is 0 Å². The number of rotatable bonds is 1. The van der Waals surface area contributed by atoms with Crippen molar-refractivity contribution in [3.63, 3.8) is 0 Å². The van der Waals surface area contributed by atoms with Crippen molar-refractivity contribution < 1.29 is 9.90 Å². The van der Waals surface area contributed by atoms with Gasteiger partial charge in [0.05, 0.1) is 5.56 Å². The summed E-state index contributed by atoms with van der Waals surface area (Å²) in [6.07, 6.45) is 0. The molecule has 0 aliphatic carbocycles. The zero-order chi connectivity index (χ0) is 11.0. The Kier molecular flexibility index (Phi) is 4.04. The lowest BCUT2D eigenvalue weighted by Crippen LogP contribution is -2.02. The molecule has 0 atom stereocenters. The Labute approximate surface area is 109 Å². The smallest absolute Gasteiger partial charge is 0.338 e. The normalized spacial score (nSPS) is 10.4. The average molecular weight is 282 g/mol. The van der Waals surface area contributed by atoms with Crippen molar-refractivity contribution in [2.45, 2.75) is 24.5 Å². The Morgan fingerprint density at radius 2 is 1.07 bits per heavy atom. The number of carbonyl (C=O) groups is 1. The Morgan fingerprint density at radius 3 is 1.36 bits per heavy atom. The predicted octanol–water partition coefficient (Wildman–Crippen LogP) is 2.83. The molecule has 1 rings (SSSR count). The van der Waals surface area contributed by atoms with Gasteiger partial charge in [0.2, 0.25) is 0 Å². The Balaban J connectivity index is 3.68. The minimum Gasteiger partial charge on any atom is -0.478 e. The van der Waals surface area contributed by atoms with Gasteiger partial charge in [0, 0.05) is 24.5 Å². The highest BCUT2D eigenvalue weighted by Gasteiger charge is 2.19. The van der Waals surface area contributed by atoms with E-state index < -0.39 is 5.97 Å². The number of carboxylic acids is 1. The maximum atomic E-state index is 10.9. The second-order valence-electron chi connectivity index (χ2n) is 2.42. The fourth-order valence-electron chi connectivity index (χ4n) is 0.888. The van der Waals surface area contributed by atoms with Gasteiger partial charge < -0.3 is 5.11 Å². The van der Waals surface area contributed by atoms with Crippen LogP contribution in [0, 0.1) is 0 Å². The van der Waals surface area contributed by atoms with Crippen LogP contribution in [0.2, 0.25) is 0 Å². The Bertz CT molecular complexity index is 386. The van der Waals surface area contributed by atoms with Crippen molar-refractivity contribution in [1.82, 2.24) is 0 Å². The topological polar surface area (TPSA) is 37.3 Å². The van der Waals surface area contributed by atoms with E-state index in [1.807, 2.05) is 0 Å². The van der Waals surface area contributed by atoms with Crippen molar-refractivity contribution in [3.05, 3.63) is 5.56 Å². The van der Waals surface area contributed by atoms with E-state index in [2.05, 4.69) is 63.1 Å². The summed E-state index contributed by atoms with van der Waals surface area (Å²) >= 11 is 20.4. The van der Waals surface area contributed by atoms with Crippen molar-refractivity contribution in [2.75, 3.05) is 0 Å². The predicted molar refractivity (Wildman–Crippen MR) is 69.7 cm³/mol.